The summed E-state index contributed by atoms with van der Waals surface area (Å²) in [6.07, 6.45) is 0. The number of benzene rings is 2. The molecule has 1 unspecified atom stereocenters. The molecule has 4 nitrogen and oxygen atoms in total. The van der Waals surface area contributed by atoms with E-state index in [1.165, 1.54) is 16.7 Å². The van der Waals surface area contributed by atoms with Crippen LogP contribution in [0.4, 0.5) is 0 Å². The van der Waals surface area contributed by atoms with Crippen LogP contribution in [-0.4, -0.2) is 39.6 Å². The number of carbonyl (C=O) groups excluding carboxylic acids is 1. The third-order valence-electron chi connectivity index (χ3n) is 3.45. The number of nitrogens with zero attached hydrogens (tertiary/aromatic N) is 1. The minimum atomic E-state index is -0.941. The molecule has 1 atom stereocenters. The van der Waals surface area contributed by atoms with E-state index in [4.69, 9.17) is 0 Å². The van der Waals surface area contributed by atoms with Gasteiger partial charge in [-0.05, 0) is 16.8 Å². The van der Waals surface area contributed by atoms with Gasteiger partial charge in [0, 0.05) is 11.3 Å². The van der Waals surface area contributed by atoms with Gasteiger partial charge < -0.3 is 10.0 Å². The summed E-state index contributed by atoms with van der Waals surface area (Å²) in [4.78, 5) is 25.3. The van der Waals surface area contributed by atoms with Gasteiger partial charge >= 0.3 is 5.97 Å². The molecule has 0 aliphatic carbocycles. The molecule has 1 amide bonds. The van der Waals surface area contributed by atoms with E-state index in [9.17, 15) is 14.7 Å². The molecule has 1 N–H and O–H groups in total. The lowest BCUT2D eigenvalue weighted by Crippen LogP contribution is -2.41. The first-order valence-corrected chi connectivity index (χ1v) is 7.43. The van der Waals surface area contributed by atoms with Gasteiger partial charge in [0.15, 0.2) is 0 Å². The SMILES string of the molecule is O=C(O)C1CSCN1C(=O)c1cccc2ccccc12. The summed E-state index contributed by atoms with van der Waals surface area (Å²) in [5, 5.41) is 11.0. The summed E-state index contributed by atoms with van der Waals surface area (Å²) in [6, 6.07) is 12.4. The second kappa shape index (κ2) is 5.17. The van der Waals surface area contributed by atoms with Crippen LogP contribution in [0, 0.1) is 0 Å². The number of rotatable bonds is 2. The third-order valence-corrected chi connectivity index (χ3v) is 4.46. The molecule has 1 aliphatic rings. The Morgan fingerprint density at radius 3 is 2.70 bits per heavy atom. The number of thioether (sulfide) groups is 1. The van der Waals surface area contributed by atoms with Crippen LogP contribution in [0.15, 0.2) is 42.5 Å². The Morgan fingerprint density at radius 1 is 1.15 bits per heavy atom. The zero-order valence-electron chi connectivity index (χ0n) is 10.7. The maximum atomic E-state index is 12.6. The van der Waals surface area contributed by atoms with Crippen molar-refractivity contribution in [1.82, 2.24) is 4.90 Å². The minimum absolute atomic E-state index is 0.209. The maximum absolute atomic E-state index is 12.6. The van der Waals surface area contributed by atoms with Crippen molar-refractivity contribution >= 4 is 34.4 Å². The Hall–Kier alpha value is -2.01. The van der Waals surface area contributed by atoms with Crippen molar-refractivity contribution in [1.29, 1.82) is 0 Å². The average Bonchev–Trinajstić information content (AvgIpc) is 2.95. The molecule has 2 aromatic carbocycles. The summed E-state index contributed by atoms with van der Waals surface area (Å²) in [5.74, 6) is -0.270. The summed E-state index contributed by atoms with van der Waals surface area (Å²) in [7, 11) is 0. The van der Waals surface area contributed by atoms with Gasteiger partial charge in [0.25, 0.3) is 5.91 Å². The van der Waals surface area contributed by atoms with E-state index < -0.39 is 12.0 Å². The topological polar surface area (TPSA) is 57.6 Å². The monoisotopic (exact) mass is 287 g/mol. The Balaban J connectivity index is 2.03. The van der Waals surface area contributed by atoms with Crippen molar-refractivity contribution < 1.29 is 14.7 Å². The first-order valence-electron chi connectivity index (χ1n) is 6.28. The van der Waals surface area contributed by atoms with Gasteiger partial charge in [0.1, 0.15) is 6.04 Å². The van der Waals surface area contributed by atoms with Crippen LogP contribution in [0.3, 0.4) is 0 Å². The molecule has 1 fully saturated rings. The summed E-state index contributed by atoms with van der Waals surface area (Å²) < 4.78 is 0. The molecule has 20 heavy (non-hydrogen) atoms. The van der Waals surface area contributed by atoms with E-state index in [1.807, 2.05) is 36.4 Å². The second-order valence-electron chi connectivity index (χ2n) is 4.66. The summed E-state index contributed by atoms with van der Waals surface area (Å²) in [6.45, 7) is 0. The minimum Gasteiger partial charge on any atom is -0.480 e. The van der Waals surface area contributed by atoms with Crippen LogP contribution in [-0.2, 0) is 4.79 Å². The number of hydrogen-bond donors (Lipinski definition) is 1. The number of carbonyl (C=O) groups is 2. The second-order valence-corrected chi connectivity index (χ2v) is 5.66. The standard InChI is InChI=1S/C15H13NO3S/c17-14(16-9-20-8-13(16)15(18)19)12-7-3-5-10-4-1-2-6-11(10)12/h1-7,13H,8-9H2,(H,18,19). The molecular weight excluding hydrogens is 274 g/mol. The molecule has 0 aromatic heterocycles. The van der Waals surface area contributed by atoms with Crippen molar-refractivity contribution in [2.45, 2.75) is 6.04 Å². The fourth-order valence-electron chi connectivity index (χ4n) is 2.41. The quantitative estimate of drug-likeness (QED) is 0.921. The number of fused-ring (bicyclic) bond motifs is 1. The normalized spacial score (nSPS) is 18.4. The van der Waals surface area contributed by atoms with E-state index in [2.05, 4.69) is 0 Å². The average molecular weight is 287 g/mol. The van der Waals surface area contributed by atoms with E-state index in [-0.39, 0.29) is 5.91 Å². The molecule has 2 aromatic rings. The van der Waals surface area contributed by atoms with Gasteiger partial charge in [-0.25, -0.2) is 4.79 Å². The van der Waals surface area contributed by atoms with Crippen LogP contribution in [0.1, 0.15) is 10.4 Å². The van der Waals surface area contributed by atoms with Gasteiger partial charge in [-0.3, -0.25) is 4.79 Å². The highest BCUT2D eigenvalue weighted by atomic mass is 32.2. The molecule has 5 heteroatoms. The molecule has 1 aliphatic heterocycles. The van der Waals surface area contributed by atoms with Gasteiger partial charge in [-0.2, -0.15) is 0 Å². The van der Waals surface area contributed by atoms with Crippen molar-refractivity contribution in [3.05, 3.63) is 48.0 Å². The predicted octanol–water partition coefficient (Wildman–Crippen LogP) is 2.44. The number of carboxylic acid groups (broad SMARTS) is 1. The van der Waals surface area contributed by atoms with Crippen LogP contribution >= 0.6 is 11.8 Å². The van der Waals surface area contributed by atoms with E-state index >= 15 is 0 Å². The first-order chi connectivity index (χ1) is 9.68. The summed E-state index contributed by atoms with van der Waals surface area (Å²) in [5.41, 5.74) is 0.567. The van der Waals surface area contributed by atoms with Crippen LogP contribution in [0.5, 0.6) is 0 Å². The number of aliphatic carboxylic acids is 1. The van der Waals surface area contributed by atoms with Gasteiger partial charge in [0.2, 0.25) is 0 Å². The zero-order chi connectivity index (χ0) is 14.1. The van der Waals surface area contributed by atoms with Gasteiger partial charge in [0.05, 0.1) is 5.88 Å². The molecular formula is C15H13NO3S. The van der Waals surface area contributed by atoms with Crippen molar-refractivity contribution in [2.75, 3.05) is 11.6 Å². The van der Waals surface area contributed by atoms with Crippen LogP contribution < -0.4 is 0 Å². The molecule has 102 valence electrons. The van der Waals surface area contributed by atoms with Crippen LogP contribution in [0.2, 0.25) is 0 Å². The Kier molecular flexibility index (Phi) is 3.36. The summed E-state index contributed by atoms with van der Waals surface area (Å²) >= 11 is 1.47. The van der Waals surface area contributed by atoms with Gasteiger partial charge in [-0.1, -0.05) is 36.4 Å². The van der Waals surface area contributed by atoms with Crippen molar-refractivity contribution in [3.63, 3.8) is 0 Å². The lowest BCUT2D eigenvalue weighted by atomic mass is 10.0. The number of amides is 1. The van der Waals surface area contributed by atoms with Crippen molar-refractivity contribution in [2.24, 2.45) is 0 Å². The first kappa shape index (κ1) is 13.0. The van der Waals surface area contributed by atoms with Crippen molar-refractivity contribution in [3.8, 4) is 0 Å². The Labute approximate surface area is 120 Å². The number of carboxylic acids is 1. The Morgan fingerprint density at radius 2 is 1.90 bits per heavy atom. The highest BCUT2D eigenvalue weighted by molar-refractivity contribution is 7.99. The maximum Gasteiger partial charge on any atom is 0.327 e. The molecule has 0 saturated carbocycles. The van der Waals surface area contributed by atoms with Crippen LogP contribution in [0.25, 0.3) is 10.8 Å². The molecule has 1 saturated heterocycles. The molecule has 3 rings (SSSR count). The lowest BCUT2D eigenvalue weighted by molar-refractivity contribution is -0.140. The Bertz CT molecular complexity index is 680. The van der Waals surface area contributed by atoms with E-state index in [1.54, 1.807) is 6.07 Å². The lowest BCUT2D eigenvalue weighted by Gasteiger charge is -2.21. The molecule has 0 radical (unpaired) electrons. The van der Waals surface area contributed by atoms with E-state index in [0.29, 0.717) is 17.2 Å². The fourth-order valence-corrected chi connectivity index (χ4v) is 3.56. The number of hydrogen-bond acceptors (Lipinski definition) is 3. The van der Waals surface area contributed by atoms with E-state index in [0.717, 1.165) is 10.8 Å². The predicted molar refractivity (Wildman–Crippen MR) is 78.9 cm³/mol. The van der Waals surface area contributed by atoms with Gasteiger partial charge in [-0.15, -0.1) is 11.8 Å². The molecule has 0 spiro atoms. The highest BCUT2D eigenvalue weighted by Crippen LogP contribution is 2.26. The molecule has 0 bridgehead atoms. The smallest absolute Gasteiger partial charge is 0.327 e. The largest absolute Gasteiger partial charge is 0.480 e. The fraction of sp³-hybridized carbons (Fsp3) is 0.200. The molecule has 1 heterocycles. The highest BCUT2D eigenvalue weighted by Gasteiger charge is 2.35. The zero-order valence-corrected chi connectivity index (χ0v) is 11.5. The third kappa shape index (κ3) is 2.14.